The Kier molecular flexibility index (Phi) is 4.63. The Morgan fingerprint density at radius 1 is 1.07 bits per heavy atom. The molecule has 3 heterocycles. The summed E-state index contributed by atoms with van der Waals surface area (Å²) in [6.45, 7) is 2.12. The molecule has 6 nitrogen and oxygen atoms in total. The minimum atomic E-state index is -0.0622. The first-order valence-electron chi connectivity index (χ1n) is 10.3. The summed E-state index contributed by atoms with van der Waals surface area (Å²) in [5, 5.41) is 0. The highest BCUT2D eigenvalue weighted by Crippen LogP contribution is 2.35. The highest BCUT2D eigenvalue weighted by molar-refractivity contribution is 5.80. The van der Waals surface area contributed by atoms with Gasteiger partial charge in [0.05, 0.1) is 5.92 Å². The fourth-order valence-corrected chi connectivity index (χ4v) is 4.57. The molecule has 1 aromatic carbocycles. The fourth-order valence-electron chi connectivity index (χ4n) is 4.57. The minimum Gasteiger partial charge on any atom is -0.492 e. The van der Waals surface area contributed by atoms with Crippen molar-refractivity contribution in [1.82, 2.24) is 14.9 Å². The lowest BCUT2D eigenvalue weighted by molar-refractivity contribution is -0.138. The van der Waals surface area contributed by atoms with Crippen LogP contribution in [0.5, 0.6) is 5.75 Å². The Labute approximate surface area is 165 Å². The number of piperidine rings is 1. The van der Waals surface area contributed by atoms with Gasteiger partial charge in [0.1, 0.15) is 24.5 Å². The maximum absolute atomic E-state index is 13.1. The van der Waals surface area contributed by atoms with Gasteiger partial charge in [-0.15, -0.1) is 0 Å². The van der Waals surface area contributed by atoms with Crippen LogP contribution >= 0.6 is 0 Å². The van der Waals surface area contributed by atoms with Crippen LogP contribution in [0.25, 0.3) is 0 Å². The Balaban J connectivity index is 1.22. The maximum Gasteiger partial charge on any atom is 0.229 e. The number of carbonyl (C=O) groups is 1. The van der Waals surface area contributed by atoms with Crippen LogP contribution in [0.3, 0.4) is 0 Å². The average molecular weight is 378 g/mol. The van der Waals surface area contributed by atoms with Crippen molar-refractivity contribution in [2.24, 2.45) is 5.92 Å². The number of carbonyl (C=O) groups excluding carboxylic acids is 1. The summed E-state index contributed by atoms with van der Waals surface area (Å²) in [6, 6.07) is 11.1. The van der Waals surface area contributed by atoms with E-state index in [0.29, 0.717) is 18.7 Å². The van der Waals surface area contributed by atoms with Crippen molar-refractivity contribution in [1.29, 1.82) is 0 Å². The van der Waals surface area contributed by atoms with E-state index in [1.54, 1.807) is 6.33 Å². The van der Waals surface area contributed by atoms with Crippen molar-refractivity contribution in [3.05, 3.63) is 48.4 Å². The molecule has 2 aromatic rings. The van der Waals surface area contributed by atoms with Gasteiger partial charge in [0, 0.05) is 31.4 Å². The largest absolute Gasteiger partial charge is 0.492 e. The number of hydrogen-bond donors (Lipinski definition) is 0. The van der Waals surface area contributed by atoms with Gasteiger partial charge in [-0.1, -0.05) is 18.2 Å². The van der Waals surface area contributed by atoms with Gasteiger partial charge in [-0.3, -0.25) is 4.79 Å². The molecule has 0 N–H and O–H groups in total. The summed E-state index contributed by atoms with van der Waals surface area (Å²) in [6.07, 6.45) is 8.70. The molecule has 1 unspecified atom stereocenters. The van der Waals surface area contributed by atoms with E-state index in [4.69, 9.17) is 4.74 Å². The number of rotatable bonds is 4. The molecule has 6 heteroatoms. The lowest BCUT2D eigenvalue weighted by atomic mass is 9.94. The van der Waals surface area contributed by atoms with Crippen LogP contribution in [0.15, 0.2) is 42.9 Å². The summed E-state index contributed by atoms with van der Waals surface area (Å²) in [5.74, 6) is 2.13. The third kappa shape index (κ3) is 3.43. The molecule has 2 aliphatic heterocycles. The Morgan fingerprint density at radius 3 is 2.61 bits per heavy atom. The van der Waals surface area contributed by atoms with Crippen LogP contribution in [0.4, 0.5) is 5.82 Å². The van der Waals surface area contributed by atoms with E-state index >= 15 is 0 Å². The van der Waals surface area contributed by atoms with Crippen molar-refractivity contribution < 1.29 is 9.53 Å². The molecule has 2 fully saturated rings. The second-order valence-electron chi connectivity index (χ2n) is 8.08. The predicted molar refractivity (Wildman–Crippen MR) is 106 cm³/mol. The van der Waals surface area contributed by atoms with E-state index in [0.717, 1.165) is 49.5 Å². The standard InChI is InChI=1S/C22H26N4O2/c27-22(17-13-16-3-1-2-4-20(16)28-14-17)25-11-8-19(9-12-25)26(18-5-6-18)21-7-10-23-15-24-21/h1-4,7,10,15,17-19H,5-6,8-9,11-14H2. The van der Waals surface area contributed by atoms with Crippen LogP contribution in [0.2, 0.25) is 0 Å². The zero-order chi connectivity index (χ0) is 18.9. The highest BCUT2D eigenvalue weighted by atomic mass is 16.5. The van der Waals surface area contributed by atoms with Gasteiger partial charge in [-0.25, -0.2) is 9.97 Å². The Bertz CT molecular complexity index is 831. The molecular formula is C22H26N4O2. The van der Waals surface area contributed by atoms with Gasteiger partial charge in [0.15, 0.2) is 0 Å². The lowest BCUT2D eigenvalue weighted by Gasteiger charge is -2.40. The van der Waals surface area contributed by atoms with E-state index in [9.17, 15) is 4.79 Å². The predicted octanol–water partition coefficient (Wildman–Crippen LogP) is 2.69. The van der Waals surface area contributed by atoms with Crippen LogP contribution in [0, 0.1) is 5.92 Å². The minimum absolute atomic E-state index is 0.0622. The number of fused-ring (bicyclic) bond motifs is 1. The first-order valence-corrected chi connectivity index (χ1v) is 10.3. The van der Waals surface area contributed by atoms with Crippen molar-refractivity contribution in [3.63, 3.8) is 0 Å². The first kappa shape index (κ1) is 17.5. The molecule has 1 saturated heterocycles. The normalized spacial score (nSPS) is 22.3. The monoisotopic (exact) mass is 378 g/mol. The topological polar surface area (TPSA) is 58.6 Å². The van der Waals surface area contributed by atoms with Crippen molar-refractivity contribution in [2.75, 3.05) is 24.6 Å². The summed E-state index contributed by atoms with van der Waals surface area (Å²) >= 11 is 0. The van der Waals surface area contributed by atoms with E-state index in [1.165, 1.54) is 12.8 Å². The second kappa shape index (κ2) is 7.41. The van der Waals surface area contributed by atoms with Gasteiger partial charge >= 0.3 is 0 Å². The number of anilines is 1. The first-order chi connectivity index (χ1) is 13.8. The molecular weight excluding hydrogens is 352 g/mol. The molecule has 146 valence electrons. The van der Waals surface area contributed by atoms with Gasteiger partial charge in [0.2, 0.25) is 5.91 Å². The van der Waals surface area contributed by atoms with Crippen LogP contribution in [-0.2, 0) is 11.2 Å². The summed E-state index contributed by atoms with van der Waals surface area (Å²) in [7, 11) is 0. The molecule has 0 radical (unpaired) electrons. The van der Waals surface area contributed by atoms with Crippen molar-refractivity contribution in [2.45, 2.75) is 44.2 Å². The number of likely N-dealkylation sites (tertiary alicyclic amines) is 1. The lowest BCUT2D eigenvalue weighted by Crippen LogP contribution is -2.50. The summed E-state index contributed by atoms with van der Waals surface area (Å²) in [4.78, 5) is 26.1. The molecule has 1 aliphatic carbocycles. The second-order valence-corrected chi connectivity index (χ2v) is 8.08. The highest BCUT2D eigenvalue weighted by Gasteiger charge is 2.38. The molecule has 1 atom stereocenters. The third-order valence-corrected chi connectivity index (χ3v) is 6.17. The number of ether oxygens (including phenoxy) is 1. The zero-order valence-corrected chi connectivity index (χ0v) is 16.0. The molecule has 3 aliphatic rings. The smallest absolute Gasteiger partial charge is 0.229 e. The van der Waals surface area contributed by atoms with Crippen LogP contribution < -0.4 is 9.64 Å². The Morgan fingerprint density at radius 2 is 1.86 bits per heavy atom. The molecule has 1 aromatic heterocycles. The number of amides is 1. The van der Waals surface area contributed by atoms with Gasteiger partial charge in [-0.05, 0) is 49.8 Å². The van der Waals surface area contributed by atoms with Gasteiger partial charge < -0.3 is 14.5 Å². The maximum atomic E-state index is 13.1. The van der Waals surface area contributed by atoms with Gasteiger partial charge in [-0.2, -0.15) is 0 Å². The van der Waals surface area contributed by atoms with Crippen molar-refractivity contribution in [3.8, 4) is 5.75 Å². The van der Waals surface area contributed by atoms with Crippen molar-refractivity contribution >= 4 is 11.7 Å². The number of para-hydroxylation sites is 1. The van der Waals surface area contributed by atoms with Gasteiger partial charge in [0.25, 0.3) is 0 Å². The molecule has 1 amide bonds. The van der Waals surface area contributed by atoms with Crippen LogP contribution in [-0.4, -0.2) is 52.6 Å². The molecule has 0 bridgehead atoms. The molecule has 28 heavy (non-hydrogen) atoms. The van der Waals surface area contributed by atoms with E-state index in [2.05, 4.69) is 20.9 Å². The fraction of sp³-hybridized carbons (Fsp3) is 0.500. The van der Waals surface area contributed by atoms with E-state index < -0.39 is 0 Å². The number of nitrogens with zero attached hydrogens (tertiary/aromatic N) is 4. The Hall–Kier alpha value is -2.63. The van der Waals surface area contributed by atoms with Crippen LogP contribution in [0.1, 0.15) is 31.2 Å². The summed E-state index contributed by atoms with van der Waals surface area (Å²) in [5.41, 5.74) is 1.14. The molecule has 5 rings (SSSR count). The number of aromatic nitrogens is 2. The third-order valence-electron chi connectivity index (χ3n) is 6.17. The molecule has 0 spiro atoms. The quantitative estimate of drug-likeness (QED) is 0.819. The number of benzene rings is 1. The van der Waals surface area contributed by atoms with E-state index in [-0.39, 0.29) is 11.8 Å². The zero-order valence-electron chi connectivity index (χ0n) is 16.0. The summed E-state index contributed by atoms with van der Waals surface area (Å²) < 4.78 is 5.84. The van der Waals surface area contributed by atoms with E-state index in [1.807, 2.05) is 35.4 Å². The molecule has 1 saturated carbocycles. The number of hydrogen-bond acceptors (Lipinski definition) is 5. The SMILES string of the molecule is O=C(C1COc2ccccc2C1)N1CCC(N(c2ccncn2)C2CC2)CC1. The average Bonchev–Trinajstić information content (AvgIpc) is 3.59.